The first-order chi connectivity index (χ1) is 7.11. The van der Waals surface area contributed by atoms with Crippen molar-refractivity contribution in [1.82, 2.24) is 0 Å². The summed E-state index contributed by atoms with van der Waals surface area (Å²) < 4.78 is 10.1. The van der Waals surface area contributed by atoms with Crippen LogP contribution < -0.4 is 5.73 Å². The second kappa shape index (κ2) is 5.68. The van der Waals surface area contributed by atoms with Crippen molar-refractivity contribution < 1.29 is 9.47 Å². The third kappa shape index (κ3) is 2.83. The molecule has 0 amide bonds. The van der Waals surface area contributed by atoms with Gasteiger partial charge in [-0.2, -0.15) is 0 Å². The van der Waals surface area contributed by atoms with Gasteiger partial charge in [0.25, 0.3) is 0 Å². The number of halogens is 2. The molecule has 0 aliphatic heterocycles. The Morgan fingerprint density at radius 1 is 1.20 bits per heavy atom. The maximum atomic E-state index is 6.02. The minimum atomic E-state index is -0.541. The molecular weight excluding hydrogens is 237 g/mol. The molecule has 0 aliphatic carbocycles. The van der Waals surface area contributed by atoms with Gasteiger partial charge in [-0.05, 0) is 11.6 Å². The maximum Gasteiger partial charge on any atom is 0.176 e. The molecule has 15 heavy (non-hydrogen) atoms. The van der Waals surface area contributed by atoms with Gasteiger partial charge in [0.1, 0.15) is 0 Å². The summed E-state index contributed by atoms with van der Waals surface area (Å²) in [5.74, 6) is 0. The summed E-state index contributed by atoms with van der Waals surface area (Å²) in [4.78, 5) is 0. The van der Waals surface area contributed by atoms with Crippen molar-refractivity contribution in [2.45, 2.75) is 12.3 Å². The topological polar surface area (TPSA) is 44.5 Å². The summed E-state index contributed by atoms with van der Waals surface area (Å²) >= 11 is 11.9. The third-order valence-electron chi connectivity index (χ3n) is 2.10. The zero-order chi connectivity index (χ0) is 11.4. The number of hydrogen-bond acceptors (Lipinski definition) is 3. The van der Waals surface area contributed by atoms with E-state index in [9.17, 15) is 0 Å². The Labute approximate surface area is 99.1 Å². The van der Waals surface area contributed by atoms with Gasteiger partial charge in [-0.15, -0.1) is 0 Å². The minimum Gasteiger partial charge on any atom is -0.354 e. The van der Waals surface area contributed by atoms with E-state index in [1.807, 2.05) is 0 Å². The quantitative estimate of drug-likeness (QED) is 0.835. The first kappa shape index (κ1) is 12.7. The SMILES string of the molecule is COC(OC)C(N)c1cccc(Cl)c1Cl. The van der Waals surface area contributed by atoms with Crippen LogP contribution in [0.2, 0.25) is 10.0 Å². The number of methoxy groups -OCH3 is 2. The summed E-state index contributed by atoms with van der Waals surface area (Å²) in [7, 11) is 3.04. The number of nitrogens with two attached hydrogens (primary N) is 1. The number of ether oxygens (including phenoxy) is 2. The predicted molar refractivity (Wildman–Crippen MR) is 61.2 cm³/mol. The molecule has 1 unspecified atom stereocenters. The molecule has 84 valence electrons. The lowest BCUT2D eigenvalue weighted by molar-refractivity contribution is -0.117. The molecule has 1 rings (SSSR count). The van der Waals surface area contributed by atoms with Crippen LogP contribution in [0.3, 0.4) is 0 Å². The van der Waals surface area contributed by atoms with E-state index in [1.54, 1.807) is 18.2 Å². The van der Waals surface area contributed by atoms with Crippen molar-refractivity contribution in [2.75, 3.05) is 14.2 Å². The normalized spacial score (nSPS) is 13.2. The Balaban J connectivity index is 2.99. The fraction of sp³-hybridized carbons (Fsp3) is 0.400. The van der Waals surface area contributed by atoms with Crippen molar-refractivity contribution in [3.8, 4) is 0 Å². The molecule has 2 N–H and O–H groups in total. The van der Waals surface area contributed by atoms with Crippen molar-refractivity contribution in [2.24, 2.45) is 5.73 Å². The van der Waals surface area contributed by atoms with Crippen LogP contribution in [-0.2, 0) is 9.47 Å². The van der Waals surface area contributed by atoms with Crippen molar-refractivity contribution >= 4 is 23.2 Å². The van der Waals surface area contributed by atoms with Gasteiger partial charge in [0.2, 0.25) is 0 Å². The molecule has 0 saturated heterocycles. The van der Waals surface area contributed by atoms with E-state index in [0.29, 0.717) is 15.6 Å². The minimum absolute atomic E-state index is 0.436. The van der Waals surface area contributed by atoms with E-state index in [2.05, 4.69) is 0 Å². The Hall–Kier alpha value is -0.320. The predicted octanol–water partition coefficient (Wildman–Crippen LogP) is 2.61. The Kier molecular flexibility index (Phi) is 4.83. The molecule has 1 aromatic rings. The first-order valence-electron chi connectivity index (χ1n) is 4.37. The molecule has 0 bridgehead atoms. The van der Waals surface area contributed by atoms with Gasteiger partial charge in [0.05, 0.1) is 16.1 Å². The van der Waals surface area contributed by atoms with Crippen molar-refractivity contribution in [3.05, 3.63) is 33.8 Å². The fourth-order valence-corrected chi connectivity index (χ4v) is 1.75. The Morgan fingerprint density at radius 2 is 1.80 bits per heavy atom. The van der Waals surface area contributed by atoms with Gasteiger partial charge in [0.15, 0.2) is 6.29 Å². The van der Waals surface area contributed by atoms with Crippen LogP contribution in [0.4, 0.5) is 0 Å². The monoisotopic (exact) mass is 249 g/mol. The van der Waals surface area contributed by atoms with Crippen molar-refractivity contribution in [3.63, 3.8) is 0 Å². The molecule has 1 atom stereocenters. The van der Waals surface area contributed by atoms with Crippen LogP contribution in [0.25, 0.3) is 0 Å². The summed E-state index contributed by atoms with van der Waals surface area (Å²) in [5, 5.41) is 0.904. The van der Waals surface area contributed by atoms with Crippen LogP contribution >= 0.6 is 23.2 Å². The van der Waals surface area contributed by atoms with E-state index in [4.69, 9.17) is 38.4 Å². The lowest BCUT2D eigenvalue weighted by Crippen LogP contribution is -2.29. The molecular formula is C10H13Cl2NO2. The second-order valence-corrected chi connectivity index (χ2v) is 3.79. The third-order valence-corrected chi connectivity index (χ3v) is 2.93. The van der Waals surface area contributed by atoms with E-state index in [-0.39, 0.29) is 0 Å². The summed E-state index contributed by atoms with van der Waals surface area (Å²) in [5.41, 5.74) is 6.64. The van der Waals surface area contributed by atoms with Crippen LogP contribution in [-0.4, -0.2) is 20.5 Å². The van der Waals surface area contributed by atoms with Gasteiger partial charge in [0, 0.05) is 14.2 Å². The molecule has 0 heterocycles. The average molecular weight is 250 g/mol. The van der Waals surface area contributed by atoms with Crippen molar-refractivity contribution in [1.29, 1.82) is 0 Å². The average Bonchev–Trinajstić information content (AvgIpc) is 2.23. The number of rotatable bonds is 4. The molecule has 0 saturated carbocycles. The van der Waals surface area contributed by atoms with E-state index >= 15 is 0 Å². The Morgan fingerprint density at radius 3 is 2.33 bits per heavy atom. The number of hydrogen-bond donors (Lipinski definition) is 1. The van der Waals surface area contributed by atoms with Crippen LogP contribution in [0, 0.1) is 0 Å². The highest BCUT2D eigenvalue weighted by Crippen LogP contribution is 2.30. The van der Waals surface area contributed by atoms with E-state index in [1.165, 1.54) is 14.2 Å². The standard InChI is InChI=1S/C10H13Cl2NO2/c1-14-10(15-2)9(13)6-4-3-5-7(11)8(6)12/h3-5,9-10H,13H2,1-2H3. The molecule has 0 spiro atoms. The number of benzene rings is 1. The molecule has 0 aliphatic rings. The van der Waals surface area contributed by atoms with Crippen LogP contribution in [0.5, 0.6) is 0 Å². The molecule has 0 radical (unpaired) electrons. The second-order valence-electron chi connectivity index (χ2n) is 3.01. The molecule has 1 aromatic carbocycles. The van der Waals surface area contributed by atoms with Gasteiger partial charge in [-0.25, -0.2) is 0 Å². The molecule has 5 heteroatoms. The lowest BCUT2D eigenvalue weighted by atomic mass is 10.1. The summed E-state index contributed by atoms with van der Waals surface area (Å²) in [6, 6.07) is 4.82. The first-order valence-corrected chi connectivity index (χ1v) is 5.12. The van der Waals surface area contributed by atoms with Crippen LogP contribution in [0.1, 0.15) is 11.6 Å². The van der Waals surface area contributed by atoms with Gasteiger partial charge in [-0.3, -0.25) is 0 Å². The largest absolute Gasteiger partial charge is 0.354 e. The lowest BCUT2D eigenvalue weighted by Gasteiger charge is -2.22. The van der Waals surface area contributed by atoms with E-state index in [0.717, 1.165) is 0 Å². The highest BCUT2D eigenvalue weighted by Gasteiger charge is 2.21. The highest BCUT2D eigenvalue weighted by molar-refractivity contribution is 6.42. The highest BCUT2D eigenvalue weighted by atomic mass is 35.5. The summed E-state index contributed by atoms with van der Waals surface area (Å²) in [6.07, 6.45) is -0.541. The smallest absolute Gasteiger partial charge is 0.176 e. The zero-order valence-electron chi connectivity index (χ0n) is 8.54. The van der Waals surface area contributed by atoms with E-state index < -0.39 is 12.3 Å². The van der Waals surface area contributed by atoms with Crippen LogP contribution in [0.15, 0.2) is 18.2 Å². The molecule has 3 nitrogen and oxygen atoms in total. The molecule has 0 aromatic heterocycles. The molecule has 0 fully saturated rings. The van der Waals surface area contributed by atoms with Gasteiger partial charge >= 0.3 is 0 Å². The zero-order valence-corrected chi connectivity index (χ0v) is 10.0. The van der Waals surface area contributed by atoms with Gasteiger partial charge in [-0.1, -0.05) is 35.3 Å². The summed E-state index contributed by atoms with van der Waals surface area (Å²) in [6.45, 7) is 0. The Bertz CT molecular complexity index is 329. The maximum absolute atomic E-state index is 6.02. The van der Waals surface area contributed by atoms with Gasteiger partial charge < -0.3 is 15.2 Å². The fourth-order valence-electron chi connectivity index (χ4n) is 1.31.